The number of carboxylic acids is 1. The number of benzene rings is 1. The number of primary amides is 1. The lowest BCUT2D eigenvalue weighted by atomic mass is 10.0. The second-order valence-corrected chi connectivity index (χ2v) is 6.65. The minimum atomic E-state index is -1.39. The van der Waals surface area contributed by atoms with E-state index in [1.807, 2.05) is 13.8 Å². The fraction of sp³-hybridized carbons (Fsp3) is 0.444. The lowest BCUT2D eigenvalue weighted by molar-refractivity contribution is -0.141. The minimum absolute atomic E-state index is 0.148. The van der Waals surface area contributed by atoms with Crippen LogP contribution >= 0.6 is 0 Å². The smallest absolute Gasteiger partial charge is 0.305 e. The molecule has 0 bridgehead atoms. The summed E-state index contributed by atoms with van der Waals surface area (Å²) in [7, 11) is 0. The highest BCUT2D eigenvalue weighted by Gasteiger charge is 2.29. The predicted molar refractivity (Wildman–Crippen MR) is 98.1 cm³/mol. The number of rotatable bonds is 10. The summed E-state index contributed by atoms with van der Waals surface area (Å²) in [5.41, 5.74) is 11.6. The van der Waals surface area contributed by atoms with Gasteiger partial charge in [0.25, 0.3) is 0 Å². The average molecular weight is 378 g/mol. The average Bonchev–Trinajstić information content (AvgIpc) is 2.58. The second kappa shape index (κ2) is 10.3. The molecular formula is C18H26N4O5. The van der Waals surface area contributed by atoms with Crippen molar-refractivity contribution >= 4 is 23.7 Å². The molecule has 0 heterocycles. The third-order valence-electron chi connectivity index (χ3n) is 3.78. The normalized spacial score (nSPS) is 14.1. The molecule has 1 aromatic rings. The van der Waals surface area contributed by atoms with Gasteiger partial charge in [0, 0.05) is 0 Å². The van der Waals surface area contributed by atoms with Crippen molar-refractivity contribution in [3.8, 4) is 0 Å². The first-order chi connectivity index (χ1) is 12.6. The zero-order chi connectivity index (χ0) is 20.6. The van der Waals surface area contributed by atoms with Gasteiger partial charge in [-0.05, 0) is 17.9 Å². The van der Waals surface area contributed by atoms with Crippen LogP contribution in [0.25, 0.3) is 0 Å². The third-order valence-corrected chi connectivity index (χ3v) is 3.78. The maximum Gasteiger partial charge on any atom is 0.305 e. The van der Waals surface area contributed by atoms with E-state index in [4.69, 9.17) is 16.6 Å². The van der Waals surface area contributed by atoms with Gasteiger partial charge in [-0.2, -0.15) is 0 Å². The summed E-state index contributed by atoms with van der Waals surface area (Å²) >= 11 is 0. The number of carbonyl (C=O) groups excluding carboxylic acids is 3. The van der Waals surface area contributed by atoms with Gasteiger partial charge in [0.2, 0.25) is 17.7 Å². The van der Waals surface area contributed by atoms with Crippen molar-refractivity contribution in [1.82, 2.24) is 10.6 Å². The molecule has 3 atom stereocenters. The molecule has 9 heteroatoms. The van der Waals surface area contributed by atoms with Crippen LogP contribution in [0.3, 0.4) is 0 Å². The van der Waals surface area contributed by atoms with E-state index in [0.717, 1.165) is 0 Å². The van der Waals surface area contributed by atoms with Crippen molar-refractivity contribution in [2.45, 2.75) is 44.8 Å². The van der Waals surface area contributed by atoms with E-state index in [1.165, 1.54) is 0 Å². The molecule has 0 aliphatic rings. The van der Waals surface area contributed by atoms with Crippen molar-refractivity contribution in [2.24, 2.45) is 17.4 Å². The summed E-state index contributed by atoms with van der Waals surface area (Å²) in [6.07, 6.45) is -0.284. The summed E-state index contributed by atoms with van der Waals surface area (Å²) < 4.78 is 0. The first kappa shape index (κ1) is 22.1. The van der Waals surface area contributed by atoms with Gasteiger partial charge in [-0.1, -0.05) is 44.2 Å². The van der Waals surface area contributed by atoms with Crippen LogP contribution in [-0.4, -0.2) is 40.9 Å². The number of hydrogen-bond acceptors (Lipinski definition) is 5. The number of hydrogen-bond donors (Lipinski definition) is 5. The van der Waals surface area contributed by atoms with Crippen LogP contribution in [0.15, 0.2) is 30.3 Å². The van der Waals surface area contributed by atoms with Gasteiger partial charge in [0.1, 0.15) is 12.1 Å². The first-order valence-electron chi connectivity index (χ1n) is 8.54. The number of amides is 3. The number of carboxylic acid groups (broad SMARTS) is 1. The summed E-state index contributed by atoms with van der Waals surface area (Å²) in [6.45, 7) is 3.76. The molecule has 0 saturated carbocycles. The molecule has 0 radical (unpaired) electrons. The molecule has 1 rings (SSSR count). The number of nitrogens with two attached hydrogens (primary N) is 2. The van der Waals surface area contributed by atoms with Crippen LogP contribution in [0.1, 0.15) is 38.3 Å². The van der Waals surface area contributed by atoms with E-state index in [0.29, 0.717) is 12.0 Å². The summed E-state index contributed by atoms with van der Waals surface area (Å²) in [4.78, 5) is 47.5. The Morgan fingerprint density at radius 3 is 2.11 bits per heavy atom. The fourth-order valence-electron chi connectivity index (χ4n) is 2.48. The van der Waals surface area contributed by atoms with Gasteiger partial charge in [-0.15, -0.1) is 0 Å². The number of nitrogens with one attached hydrogen (secondary N) is 2. The van der Waals surface area contributed by atoms with E-state index in [2.05, 4.69) is 10.6 Å². The molecule has 0 aliphatic heterocycles. The van der Waals surface area contributed by atoms with E-state index in [1.54, 1.807) is 30.3 Å². The number of aliphatic carboxylic acids is 1. The molecule has 7 N–H and O–H groups in total. The van der Waals surface area contributed by atoms with Crippen molar-refractivity contribution in [3.05, 3.63) is 35.9 Å². The van der Waals surface area contributed by atoms with Crippen LogP contribution in [0.2, 0.25) is 0 Å². The van der Waals surface area contributed by atoms with Crippen LogP contribution in [-0.2, 0) is 19.2 Å². The van der Waals surface area contributed by atoms with E-state index in [-0.39, 0.29) is 5.92 Å². The molecule has 0 aromatic heterocycles. The zero-order valence-corrected chi connectivity index (χ0v) is 15.3. The Hall–Kier alpha value is -2.94. The Morgan fingerprint density at radius 2 is 1.63 bits per heavy atom. The fourth-order valence-corrected chi connectivity index (χ4v) is 2.48. The van der Waals surface area contributed by atoms with Gasteiger partial charge in [0.05, 0.1) is 12.5 Å². The molecule has 0 spiro atoms. The SMILES string of the molecule is CC(C)C[C@H](N)C(=O)N[C@@H](CC(=O)O)C(=O)N[C@@H](C(N)=O)c1ccccc1. The largest absolute Gasteiger partial charge is 0.481 e. The molecule has 0 unspecified atom stereocenters. The summed E-state index contributed by atoms with van der Waals surface area (Å²) in [5.74, 6) is -3.43. The molecule has 0 fully saturated rings. The van der Waals surface area contributed by atoms with Gasteiger partial charge in [-0.25, -0.2) is 0 Å². The maximum absolute atomic E-state index is 12.5. The highest BCUT2D eigenvalue weighted by molar-refractivity contribution is 5.94. The molecule has 1 aromatic carbocycles. The molecule has 3 amide bonds. The van der Waals surface area contributed by atoms with Crippen LogP contribution in [0.4, 0.5) is 0 Å². The van der Waals surface area contributed by atoms with Crippen LogP contribution < -0.4 is 22.1 Å². The molecule has 27 heavy (non-hydrogen) atoms. The maximum atomic E-state index is 12.5. The lowest BCUT2D eigenvalue weighted by Gasteiger charge is -2.23. The Bertz CT molecular complexity index is 678. The third kappa shape index (κ3) is 7.45. The summed E-state index contributed by atoms with van der Waals surface area (Å²) in [5, 5.41) is 13.8. The van der Waals surface area contributed by atoms with Crippen molar-refractivity contribution in [3.63, 3.8) is 0 Å². The van der Waals surface area contributed by atoms with Crippen molar-refractivity contribution in [1.29, 1.82) is 0 Å². The predicted octanol–water partition coefficient (Wildman–Crippen LogP) is -0.338. The van der Waals surface area contributed by atoms with E-state index < -0.39 is 48.2 Å². The monoisotopic (exact) mass is 378 g/mol. The van der Waals surface area contributed by atoms with Gasteiger partial charge in [-0.3, -0.25) is 19.2 Å². The lowest BCUT2D eigenvalue weighted by Crippen LogP contribution is -2.54. The quantitative estimate of drug-likeness (QED) is 0.374. The highest BCUT2D eigenvalue weighted by atomic mass is 16.4. The number of carbonyl (C=O) groups is 4. The Kier molecular flexibility index (Phi) is 8.40. The van der Waals surface area contributed by atoms with Crippen molar-refractivity contribution < 1.29 is 24.3 Å². The molecular weight excluding hydrogens is 352 g/mol. The van der Waals surface area contributed by atoms with E-state index >= 15 is 0 Å². The summed E-state index contributed by atoms with van der Waals surface area (Å²) in [6, 6.07) is 4.83. The standard InChI is InChI=1S/C18H26N4O5/c1-10(2)8-12(19)17(26)21-13(9-14(23)24)18(27)22-15(16(20)25)11-6-4-3-5-7-11/h3-7,10,12-13,15H,8-9,19H2,1-2H3,(H2,20,25)(H,21,26)(H,22,27)(H,23,24)/t12-,13-,15+/m0/s1. The topological polar surface area (TPSA) is 165 Å². The first-order valence-corrected chi connectivity index (χ1v) is 8.54. The zero-order valence-electron chi connectivity index (χ0n) is 15.3. The van der Waals surface area contributed by atoms with Gasteiger partial charge in [0.15, 0.2) is 0 Å². The van der Waals surface area contributed by atoms with Gasteiger partial charge >= 0.3 is 5.97 Å². The molecule has 0 aliphatic carbocycles. The highest BCUT2D eigenvalue weighted by Crippen LogP contribution is 2.12. The Morgan fingerprint density at radius 1 is 1.04 bits per heavy atom. The minimum Gasteiger partial charge on any atom is -0.481 e. The molecule has 0 saturated heterocycles. The Labute approximate surface area is 157 Å². The molecule has 9 nitrogen and oxygen atoms in total. The van der Waals surface area contributed by atoms with Gasteiger partial charge < -0.3 is 27.2 Å². The van der Waals surface area contributed by atoms with Crippen LogP contribution in [0.5, 0.6) is 0 Å². The second-order valence-electron chi connectivity index (χ2n) is 6.65. The Balaban J connectivity index is 2.91. The molecule has 148 valence electrons. The van der Waals surface area contributed by atoms with Crippen molar-refractivity contribution in [2.75, 3.05) is 0 Å². The van der Waals surface area contributed by atoms with Crippen LogP contribution in [0, 0.1) is 5.92 Å². The van der Waals surface area contributed by atoms with E-state index in [9.17, 15) is 19.2 Å².